The summed E-state index contributed by atoms with van der Waals surface area (Å²) in [5, 5.41) is 0. The Morgan fingerprint density at radius 3 is 2.24 bits per heavy atom. The summed E-state index contributed by atoms with van der Waals surface area (Å²) in [6, 6.07) is 21.5. The minimum absolute atomic E-state index is 0.820. The first-order valence-electron chi connectivity index (χ1n) is 11.5. The Morgan fingerprint density at radius 2 is 1.52 bits per heavy atom. The largest absolute Gasteiger partial charge is 0.497 e. The van der Waals surface area contributed by atoms with Crippen LogP contribution in [0.2, 0.25) is 0 Å². The lowest BCUT2D eigenvalue weighted by Gasteiger charge is -2.34. The van der Waals surface area contributed by atoms with E-state index < -0.39 is 0 Å². The summed E-state index contributed by atoms with van der Waals surface area (Å²) >= 11 is 0. The standard InChI is InChI=1S/C28H31N3O2/c1-29-15-17-30(18-16-29)23-7-9-24(10-8-23)31-14-4-5-22-19-21(6-12-27(22)31)26-20-25(32-2)11-13-28(26)33-3/h4-13,19-20H,14-18H2,1-3H3. The molecule has 2 aliphatic heterocycles. The molecule has 0 unspecified atom stereocenters. The second kappa shape index (κ2) is 9.20. The minimum atomic E-state index is 0.820. The average molecular weight is 442 g/mol. The highest BCUT2D eigenvalue weighted by molar-refractivity contribution is 5.83. The molecule has 0 aromatic heterocycles. The van der Waals surface area contributed by atoms with E-state index in [2.05, 4.69) is 76.4 Å². The van der Waals surface area contributed by atoms with Crippen LogP contribution in [0.4, 0.5) is 17.1 Å². The van der Waals surface area contributed by atoms with E-state index in [9.17, 15) is 0 Å². The van der Waals surface area contributed by atoms with Gasteiger partial charge < -0.3 is 24.2 Å². The van der Waals surface area contributed by atoms with E-state index in [-0.39, 0.29) is 0 Å². The molecule has 0 amide bonds. The van der Waals surface area contributed by atoms with Crippen molar-refractivity contribution in [2.24, 2.45) is 0 Å². The fourth-order valence-electron chi connectivity index (χ4n) is 4.68. The molecule has 3 aromatic rings. The van der Waals surface area contributed by atoms with E-state index in [1.54, 1.807) is 14.2 Å². The third-order valence-corrected chi connectivity index (χ3v) is 6.65. The molecule has 2 heterocycles. The Morgan fingerprint density at radius 1 is 0.758 bits per heavy atom. The maximum Gasteiger partial charge on any atom is 0.126 e. The fourth-order valence-corrected chi connectivity index (χ4v) is 4.68. The molecule has 33 heavy (non-hydrogen) atoms. The number of ether oxygens (including phenoxy) is 2. The fraction of sp³-hybridized carbons (Fsp3) is 0.286. The SMILES string of the molecule is COc1ccc(OC)c(-c2ccc3c(c2)C=CCN3c2ccc(N3CCN(C)CC3)cc2)c1. The number of anilines is 3. The summed E-state index contributed by atoms with van der Waals surface area (Å²) in [7, 11) is 5.59. The van der Waals surface area contributed by atoms with E-state index in [0.29, 0.717) is 0 Å². The van der Waals surface area contributed by atoms with Gasteiger partial charge in [0.1, 0.15) is 11.5 Å². The quantitative estimate of drug-likeness (QED) is 0.537. The molecule has 0 radical (unpaired) electrons. The van der Waals surface area contributed by atoms with Gasteiger partial charge in [-0.1, -0.05) is 18.2 Å². The highest BCUT2D eigenvalue weighted by Gasteiger charge is 2.18. The van der Waals surface area contributed by atoms with Gasteiger partial charge in [0.05, 0.1) is 14.2 Å². The van der Waals surface area contributed by atoms with Crippen LogP contribution in [0.3, 0.4) is 0 Å². The van der Waals surface area contributed by atoms with Gasteiger partial charge in [-0.3, -0.25) is 0 Å². The number of benzene rings is 3. The van der Waals surface area contributed by atoms with Crippen molar-refractivity contribution in [3.05, 3.63) is 72.3 Å². The smallest absolute Gasteiger partial charge is 0.126 e. The molecule has 5 rings (SSSR count). The van der Waals surface area contributed by atoms with Crippen molar-refractivity contribution in [3.63, 3.8) is 0 Å². The summed E-state index contributed by atoms with van der Waals surface area (Å²) in [5.74, 6) is 1.66. The molecular weight excluding hydrogens is 410 g/mol. The van der Waals surface area contributed by atoms with Crippen LogP contribution in [-0.4, -0.2) is 58.9 Å². The van der Waals surface area contributed by atoms with E-state index in [0.717, 1.165) is 55.3 Å². The maximum absolute atomic E-state index is 5.61. The zero-order valence-corrected chi connectivity index (χ0v) is 19.6. The zero-order chi connectivity index (χ0) is 22.8. The van der Waals surface area contributed by atoms with Crippen LogP contribution in [0.5, 0.6) is 11.5 Å². The Bertz CT molecular complexity index is 1150. The highest BCUT2D eigenvalue weighted by atomic mass is 16.5. The molecule has 5 nitrogen and oxygen atoms in total. The minimum Gasteiger partial charge on any atom is -0.497 e. The second-order valence-electron chi connectivity index (χ2n) is 8.66. The third kappa shape index (κ3) is 4.29. The van der Waals surface area contributed by atoms with Gasteiger partial charge in [-0.05, 0) is 72.8 Å². The van der Waals surface area contributed by atoms with Gasteiger partial charge in [-0.2, -0.15) is 0 Å². The van der Waals surface area contributed by atoms with Gasteiger partial charge in [-0.25, -0.2) is 0 Å². The first kappa shape index (κ1) is 21.4. The number of likely N-dealkylation sites (N-methyl/N-ethyl adjacent to an activating group) is 1. The van der Waals surface area contributed by atoms with Crippen LogP contribution in [0.15, 0.2) is 66.7 Å². The molecule has 5 heteroatoms. The third-order valence-electron chi connectivity index (χ3n) is 6.65. The molecular formula is C28H31N3O2. The number of rotatable bonds is 5. The zero-order valence-electron chi connectivity index (χ0n) is 19.6. The summed E-state index contributed by atoms with van der Waals surface area (Å²) in [5.41, 5.74) is 7.08. The Hall–Kier alpha value is -3.44. The maximum atomic E-state index is 5.61. The van der Waals surface area contributed by atoms with Crippen molar-refractivity contribution in [2.45, 2.75) is 0 Å². The van der Waals surface area contributed by atoms with Crippen LogP contribution in [0, 0.1) is 0 Å². The lowest BCUT2D eigenvalue weighted by Crippen LogP contribution is -2.44. The molecule has 0 saturated carbocycles. The molecule has 0 spiro atoms. The summed E-state index contributed by atoms with van der Waals surface area (Å²) in [6.45, 7) is 5.27. The predicted octanol–water partition coefficient (Wildman–Crippen LogP) is 5.29. The van der Waals surface area contributed by atoms with Crippen molar-refractivity contribution in [3.8, 4) is 22.6 Å². The Kier molecular flexibility index (Phi) is 5.97. The monoisotopic (exact) mass is 441 g/mol. The van der Waals surface area contributed by atoms with Gasteiger partial charge in [0, 0.05) is 55.3 Å². The molecule has 0 atom stereocenters. The van der Waals surface area contributed by atoms with Gasteiger partial charge in [-0.15, -0.1) is 0 Å². The highest BCUT2D eigenvalue weighted by Crippen LogP contribution is 2.39. The van der Waals surface area contributed by atoms with Gasteiger partial charge in [0.25, 0.3) is 0 Å². The van der Waals surface area contributed by atoms with E-state index in [1.165, 1.54) is 22.6 Å². The van der Waals surface area contributed by atoms with Crippen molar-refractivity contribution in [1.29, 1.82) is 0 Å². The van der Waals surface area contributed by atoms with Gasteiger partial charge in [0.2, 0.25) is 0 Å². The van der Waals surface area contributed by atoms with E-state index in [4.69, 9.17) is 9.47 Å². The molecule has 3 aromatic carbocycles. The number of hydrogen-bond donors (Lipinski definition) is 0. The number of piperazine rings is 1. The van der Waals surface area contributed by atoms with Gasteiger partial charge in [0.15, 0.2) is 0 Å². The normalized spacial score (nSPS) is 16.0. The first-order valence-corrected chi connectivity index (χ1v) is 11.5. The topological polar surface area (TPSA) is 28.2 Å². The Labute approximate surface area is 196 Å². The van der Waals surface area contributed by atoms with Crippen LogP contribution in [0.1, 0.15) is 5.56 Å². The lowest BCUT2D eigenvalue weighted by atomic mass is 9.98. The number of methoxy groups -OCH3 is 2. The first-order chi connectivity index (χ1) is 16.2. The van der Waals surface area contributed by atoms with Crippen LogP contribution in [0.25, 0.3) is 17.2 Å². The molecule has 1 saturated heterocycles. The predicted molar refractivity (Wildman–Crippen MR) is 137 cm³/mol. The van der Waals surface area contributed by atoms with Gasteiger partial charge >= 0.3 is 0 Å². The van der Waals surface area contributed by atoms with Crippen molar-refractivity contribution in [2.75, 3.05) is 63.8 Å². The lowest BCUT2D eigenvalue weighted by molar-refractivity contribution is 0.313. The number of nitrogens with zero attached hydrogens (tertiary/aromatic N) is 3. The van der Waals surface area contributed by atoms with Crippen LogP contribution in [-0.2, 0) is 0 Å². The van der Waals surface area contributed by atoms with E-state index >= 15 is 0 Å². The molecule has 0 N–H and O–H groups in total. The molecule has 2 aliphatic rings. The molecule has 170 valence electrons. The average Bonchev–Trinajstić information content (AvgIpc) is 2.88. The molecule has 0 bridgehead atoms. The van der Waals surface area contributed by atoms with Crippen LogP contribution >= 0.6 is 0 Å². The Balaban J connectivity index is 1.42. The second-order valence-corrected chi connectivity index (χ2v) is 8.66. The van der Waals surface area contributed by atoms with Crippen LogP contribution < -0.4 is 19.3 Å². The molecule has 0 aliphatic carbocycles. The summed E-state index contributed by atoms with van der Waals surface area (Å²) in [4.78, 5) is 7.23. The van der Waals surface area contributed by atoms with Crippen molar-refractivity contribution < 1.29 is 9.47 Å². The van der Waals surface area contributed by atoms with E-state index in [1.807, 2.05) is 18.2 Å². The summed E-state index contributed by atoms with van der Waals surface area (Å²) < 4.78 is 11.0. The summed E-state index contributed by atoms with van der Waals surface area (Å²) in [6.07, 6.45) is 4.43. The number of fused-ring (bicyclic) bond motifs is 1. The number of hydrogen-bond acceptors (Lipinski definition) is 5. The van der Waals surface area contributed by atoms with Crippen molar-refractivity contribution in [1.82, 2.24) is 4.90 Å². The molecule has 1 fully saturated rings. The van der Waals surface area contributed by atoms with Crippen molar-refractivity contribution >= 4 is 23.1 Å².